The molecule has 0 saturated heterocycles. The SMILES string of the molecule is COc1ccc(N(CC(=O)N(Cc2cccc(Br)c2)[C@@H](C)C(=O)NCC(C)C)S(=O)(=O)c2ccccc2)cc1Cl. The Balaban J connectivity index is 2.04. The van der Waals surface area contributed by atoms with Crippen molar-refractivity contribution >= 4 is 55.1 Å². The molecule has 214 valence electrons. The van der Waals surface area contributed by atoms with E-state index in [-0.39, 0.29) is 34.0 Å². The van der Waals surface area contributed by atoms with E-state index < -0.39 is 28.5 Å². The van der Waals surface area contributed by atoms with E-state index >= 15 is 0 Å². The van der Waals surface area contributed by atoms with Crippen LogP contribution in [0.4, 0.5) is 5.69 Å². The van der Waals surface area contributed by atoms with Gasteiger partial charge >= 0.3 is 0 Å². The van der Waals surface area contributed by atoms with Crippen LogP contribution in [0.2, 0.25) is 5.02 Å². The molecule has 3 aromatic rings. The van der Waals surface area contributed by atoms with Gasteiger partial charge in [0.15, 0.2) is 0 Å². The van der Waals surface area contributed by atoms with Gasteiger partial charge in [-0.1, -0.05) is 71.7 Å². The number of carbonyl (C=O) groups excluding carboxylic acids is 2. The van der Waals surface area contributed by atoms with Gasteiger partial charge in [0.05, 0.1) is 22.7 Å². The van der Waals surface area contributed by atoms with Crippen molar-refractivity contribution in [2.75, 3.05) is 24.5 Å². The number of sulfonamides is 1. The van der Waals surface area contributed by atoms with E-state index in [4.69, 9.17) is 16.3 Å². The number of amides is 2. The molecule has 0 fully saturated rings. The first-order valence-electron chi connectivity index (χ1n) is 12.7. The molecule has 3 rings (SSSR count). The molecule has 0 radical (unpaired) electrons. The number of halogens is 2. The van der Waals surface area contributed by atoms with E-state index in [1.165, 1.54) is 42.3 Å². The number of rotatable bonds is 12. The maximum Gasteiger partial charge on any atom is 0.264 e. The van der Waals surface area contributed by atoms with E-state index in [9.17, 15) is 18.0 Å². The fraction of sp³-hybridized carbons (Fsp3) is 0.310. The van der Waals surface area contributed by atoms with Crippen LogP contribution >= 0.6 is 27.5 Å². The van der Waals surface area contributed by atoms with Gasteiger partial charge in [-0.25, -0.2) is 8.42 Å². The maximum absolute atomic E-state index is 14.0. The number of nitrogens with one attached hydrogen (secondary N) is 1. The van der Waals surface area contributed by atoms with Gasteiger partial charge in [0, 0.05) is 17.6 Å². The van der Waals surface area contributed by atoms with Crippen molar-refractivity contribution in [2.45, 2.75) is 38.3 Å². The number of nitrogens with zero attached hydrogens (tertiary/aromatic N) is 2. The molecule has 0 aromatic heterocycles. The number of ether oxygens (including phenoxy) is 1. The molecule has 1 atom stereocenters. The van der Waals surface area contributed by atoms with Crippen LogP contribution in [0, 0.1) is 5.92 Å². The Hall–Kier alpha value is -3.08. The molecule has 0 aliphatic carbocycles. The first-order valence-corrected chi connectivity index (χ1v) is 15.3. The van der Waals surface area contributed by atoms with Gasteiger partial charge in [0.1, 0.15) is 18.3 Å². The lowest BCUT2D eigenvalue weighted by molar-refractivity contribution is -0.139. The third-order valence-corrected chi connectivity index (χ3v) is 8.70. The summed E-state index contributed by atoms with van der Waals surface area (Å²) in [5, 5.41) is 3.06. The van der Waals surface area contributed by atoms with Gasteiger partial charge in [0.2, 0.25) is 11.8 Å². The van der Waals surface area contributed by atoms with Crippen molar-refractivity contribution < 1.29 is 22.7 Å². The van der Waals surface area contributed by atoms with Gasteiger partial charge in [-0.05, 0) is 60.9 Å². The standard InChI is InChI=1S/C29H33BrClN3O5S/c1-20(2)17-32-29(36)21(3)33(18-22-9-8-10-23(30)15-22)28(35)19-34(24-13-14-27(39-4)26(31)16-24)40(37,38)25-11-6-5-7-12-25/h5-16,20-21H,17-19H2,1-4H3,(H,32,36)/t21-/m0/s1. The van der Waals surface area contributed by atoms with Crippen molar-refractivity contribution in [3.63, 3.8) is 0 Å². The van der Waals surface area contributed by atoms with Crippen LogP contribution in [-0.4, -0.2) is 51.4 Å². The van der Waals surface area contributed by atoms with Gasteiger partial charge in [-0.3, -0.25) is 13.9 Å². The quantitative estimate of drug-likeness (QED) is 0.280. The molecule has 0 heterocycles. The second kappa shape index (κ2) is 14.0. The molecule has 0 spiro atoms. The number of benzene rings is 3. The van der Waals surface area contributed by atoms with E-state index in [0.717, 1.165) is 14.3 Å². The third kappa shape index (κ3) is 7.99. The molecule has 11 heteroatoms. The first kappa shape index (κ1) is 31.4. The maximum atomic E-state index is 14.0. The Morgan fingerprint density at radius 3 is 2.30 bits per heavy atom. The largest absolute Gasteiger partial charge is 0.495 e. The lowest BCUT2D eigenvalue weighted by atomic mass is 10.1. The molecule has 0 aliphatic heterocycles. The fourth-order valence-corrected chi connectivity index (χ4v) is 6.05. The lowest BCUT2D eigenvalue weighted by Crippen LogP contribution is -2.51. The average molecular weight is 651 g/mol. The Labute approximate surface area is 249 Å². The fourth-order valence-electron chi connectivity index (χ4n) is 3.93. The zero-order chi connectivity index (χ0) is 29.4. The highest BCUT2D eigenvalue weighted by atomic mass is 79.9. The Morgan fingerprint density at radius 2 is 1.70 bits per heavy atom. The van der Waals surface area contributed by atoms with Crippen LogP contribution in [0.25, 0.3) is 0 Å². The second-order valence-electron chi connectivity index (χ2n) is 9.61. The second-order valence-corrected chi connectivity index (χ2v) is 12.8. The number of methoxy groups -OCH3 is 1. The summed E-state index contributed by atoms with van der Waals surface area (Å²) in [5.74, 6) is -0.308. The molecule has 0 unspecified atom stereocenters. The van der Waals surface area contributed by atoms with Crippen molar-refractivity contribution in [3.8, 4) is 5.75 Å². The lowest BCUT2D eigenvalue weighted by Gasteiger charge is -2.32. The molecule has 0 bridgehead atoms. The number of hydrogen-bond donors (Lipinski definition) is 1. The minimum Gasteiger partial charge on any atom is -0.495 e. The number of anilines is 1. The summed E-state index contributed by atoms with van der Waals surface area (Å²) in [6.45, 7) is 5.56. The minimum absolute atomic E-state index is 0.0102. The van der Waals surface area contributed by atoms with E-state index in [1.54, 1.807) is 25.1 Å². The Bertz CT molecular complexity index is 1440. The van der Waals surface area contributed by atoms with E-state index in [1.807, 2.05) is 38.1 Å². The predicted molar refractivity (Wildman–Crippen MR) is 161 cm³/mol. The molecular formula is C29H33BrClN3O5S. The smallest absolute Gasteiger partial charge is 0.264 e. The third-order valence-electron chi connectivity index (χ3n) is 6.13. The summed E-state index contributed by atoms with van der Waals surface area (Å²) >= 11 is 9.79. The minimum atomic E-state index is -4.19. The summed E-state index contributed by atoms with van der Waals surface area (Å²) in [7, 11) is -2.73. The van der Waals surface area contributed by atoms with Gasteiger partial charge < -0.3 is 15.0 Å². The summed E-state index contributed by atoms with van der Waals surface area (Å²) < 4.78 is 34.7. The van der Waals surface area contributed by atoms with Crippen LogP contribution in [0.1, 0.15) is 26.3 Å². The highest BCUT2D eigenvalue weighted by Gasteiger charge is 2.32. The molecule has 1 N–H and O–H groups in total. The molecule has 2 amide bonds. The summed E-state index contributed by atoms with van der Waals surface area (Å²) in [4.78, 5) is 28.4. The molecule has 40 heavy (non-hydrogen) atoms. The van der Waals surface area contributed by atoms with Crippen LogP contribution < -0.4 is 14.4 Å². The Morgan fingerprint density at radius 1 is 1.00 bits per heavy atom. The van der Waals surface area contributed by atoms with E-state index in [0.29, 0.717) is 12.3 Å². The molecule has 8 nitrogen and oxygen atoms in total. The van der Waals surface area contributed by atoms with Crippen molar-refractivity contribution in [2.24, 2.45) is 5.92 Å². The first-order chi connectivity index (χ1) is 18.9. The number of carbonyl (C=O) groups is 2. The normalized spacial score (nSPS) is 12.1. The summed E-state index contributed by atoms with van der Waals surface area (Å²) in [6.07, 6.45) is 0. The topological polar surface area (TPSA) is 96.0 Å². The summed E-state index contributed by atoms with van der Waals surface area (Å²) in [5.41, 5.74) is 0.957. The van der Waals surface area contributed by atoms with E-state index in [2.05, 4.69) is 21.2 Å². The number of hydrogen-bond acceptors (Lipinski definition) is 5. The summed E-state index contributed by atoms with van der Waals surface area (Å²) in [6, 6.07) is 18.8. The monoisotopic (exact) mass is 649 g/mol. The molecule has 3 aromatic carbocycles. The molecular weight excluding hydrogens is 618 g/mol. The van der Waals surface area contributed by atoms with Gasteiger partial charge in [-0.15, -0.1) is 0 Å². The Kier molecular flexibility index (Phi) is 11.0. The zero-order valence-electron chi connectivity index (χ0n) is 22.8. The van der Waals surface area contributed by atoms with Crippen LogP contribution in [-0.2, 0) is 26.2 Å². The van der Waals surface area contributed by atoms with Crippen LogP contribution in [0.5, 0.6) is 5.75 Å². The average Bonchev–Trinajstić information content (AvgIpc) is 2.93. The van der Waals surface area contributed by atoms with Crippen molar-refractivity contribution in [1.29, 1.82) is 0 Å². The molecule has 0 saturated carbocycles. The van der Waals surface area contributed by atoms with Crippen molar-refractivity contribution in [3.05, 3.63) is 87.9 Å². The van der Waals surface area contributed by atoms with Gasteiger partial charge in [-0.2, -0.15) is 0 Å². The highest BCUT2D eigenvalue weighted by molar-refractivity contribution is 9.10. The van der Waals surface area contributed by atoms with Crippen LogP contribution in [0.3, 0.4) is 0 Å². The van der Waals surface area contributed by atoms with Crippen LogP contribution in [0.15, 0.2) is 82.2 Å². The highest BCUT2D eigenvalue weighted by Crippen LogP contribution is 2.32. The predicted octanol–water partition coefficient (Wildman–Crippen LogP) is 5.50. The zero-order valence-corrected chi connectivity index (χ0v) is 26.0. The van der Waals surface area contributed by atoms with Crippen molar-refractivity contribution in [1.82, 2.24) is 10.2 Å². The molecule has 0 aliphatic rings. The van der Waals surface area contributed by atoms with Gasteiger partial charge in [0.25, 0.3) is 10.0 Å².